The van der Waals surface area contributed by atoms with Gasteiger partial charge in [0.05, 0.1) is 5.69 Å². The number of fused-ring (bicyclic) bond motifs is 1. The van der Waals surface area contributed by atoms with Crippen LogP contribution in [0.15, 0.2) is 22.6 Å². The maximum atomic E-state index is 11.3. The summed E-state index contributed by atoms with van der Waals surface area (Å²) in [6.45, 7) is 4.12. The fourth-order valence-electron chi connectivity index (χ4n) is 1.56. The first-order chi connectivity index (χ1) is 7.39. The van der Waals surface area contributed by atoms with E-state index < -0.39 is 10.2 Å². The highest BCUT2D eigenvalue weighted by atomic mass is 32.2. The van der Waals surface area contributed by atoms with Crippen molar-refractivity contribution in [2.75, 3.05) is 4.72 Å². The molecular weight excluding hydrogens is 226 g/mol. The smallest absolute Gasteiger partial charge is 0.344 e. The third-order valence-corrected chi connectivity index (χ3v) is 3.36. The Morgan fingerprint density at radius 1 is 1.38 bits per heavy atom. The van der Waals surface area contributed by atoms with E-state index in [0.29, 0.717) is 17.2 Å². The molecule has 0 spiro atoms. The molecule has 0 saturated carbocycles. The molecule has 2 rings (SSSR count). The highest BCUT2D eigenvalue weighted by Gasteiger charge is 2.21. The van der Waals surface area contributed by atoms with Crippen molar-refractivity contribution in [2.24, 2.45) is 10.1 Å². The molecule has 1 heterocycles. The van der Waals surface area contributed by atoms with Gasteiger partial charge in [-0.25, -0.2) is 0 Å². The number of benzene rings is 1. The zero-order valence-electron chi connectivity index (χ0n) is 9.06. The van der Waals surface area contributed by atoms with Crippen LogP contribution in [0.5, 0.6) is 0 Å². The van der Waals surface area contributed by atoms with Gasteiger partial charge in [-0.1, -0.05) is 19.9 Å². The second-order valence-corrected chi connectivity index (χ2v) is 5.35. The summed E-state index contributed by atoms with van der Waals surface area (Å²) in [6, 6.07) is 5.45. The Bertz CT molecular complexity index is 561. The lowest BCUT2D eigenvalue weighted by Crippen LogP contribution is -2.26. The van der Waals surface area contributed by atoms with Gasteiger partial charge in [-0.15, -0.1) is 4.40 Å². The molecule has 0 saturated heterocycles. The summed E-state index contributed by atoms with van der Waals surface area (Å²) >= 11 is 0. The highest BCUT2D eigenvalue weighted by Crippen LogP contribution is 2.26. The molecule has 16 heavy (non-hydrogen) atoms. The van der Waals surface area contributed by atoms with Crippen molar-refractivity contribution in [3.05, 3.63) is 29.3 Å². The minimum atomic E-state index is -3.67. The van der Waals surface area contributed by atoms with Crippen LogP contribution in [-0.2, 0) is 10.2 Å². The monoisotopic (exact) mass is 239 g/mol. The normalized spacial score (nSPS) is 17.6. The van der Waals surface area contributed by atoms with Gasteiger partial charge in [0.25, 0.3) is 0 Å². The van der Waals surface area contributed by atoms with Crippen molar-refractivity contribution in [2.45, 2.75) is 19.8 Å². The molecule has 0 aromatic heterocycles. The molecular formula is C10H13N3O2S. The molecule has 5 nitrogen and oxygen atoms in total. The van der Waals surface area contributed by atoms with Crippen LogP contribution in [0.25, 0.3) is 0 Å². The minimum Gasteiger partial charge on any atom is -0.382 e. The van der Waals surface area contributed by atoms with Crippen LogP contribution in [0.1, 0.15) is 30.9 Å². The van der Waals surface area contributed by atoms with Crippen LogP contribution in [0.2, 0.25) is 0 Å². The predicted octanol–water partition coefficient (Wildman–Crippen LogP) is 1.19. The molecule has 0 radical (unpaired) electrons. The fourth-order valence-corrected chi connectivity index (χ4v) is 2.42. The molecule has 0 bridgehead atoms. The molecule has 1 aliphatic heterocycles. The maximum absolute atomic E-state index is 11.3. The molecule has 3 N–H and O–H groups in total. The van der Waals surface area contributed by atoms with E-state index in [1.165, 1.54) is 0 Å². The number of hydrogen-bond acceptors (Lipinski definition) is 3. The van der Waals surface area contributed by atoms with E-state index in [1.54, 1.807) is 6.07 Å². The third-order valence-electron chi connectivity index (χ3n) is 2.44. The molecule has 1 aromatic carbocycles. The molecule has 86 valence electrons. The highest BCUT2D eigenvalue weighted by molar-refractivity contribution is 7.91. The third kappa shape index (κ3) is 1.88. The fraction of sp³-hybridized carbons (Fsp3) is 0.300. The van der Waals surface area contributed by atoms with Crippen molar-refractivity contribution >= 4 is 21.7 Å². The molecule has 0 fully saturated rings. The van der Waals surface area contributed by atoms with Crippen molar-refractivity contribution < 1.29 is 8.42 Å². The van der Waals surface area contributed by atoms with E-state index in [-0.39, 0.29) is 5.84 Å². The summed E-state index contributed by atoms with van der Waals surface area (Å²) in [6.07, 6.45) is 0. The van der Waals surface area contributed by atoms with Crippen LogP contribution < -0.4 is 10.5 Å². The zero-order chi connectivity index (χ0) is 11.9. The van der Waals surface area contributed by atoms with Gasteiger partial charge in [0.1, 0.15) is 5.84 Å². The molecule has 0 amide bonds. The second kappa shape index (κ2) is 3.48. The Morgan fingerprint density at radius 3 is 2.69 bits per heavy atom. The number of nitrogens with zero attached hydrogens (tertiary/aromatic N) is 1. The minimum absolute atomic E-state index is 0.0382. The van der Waals surface area contributed by atoms with E-state index >= 15 is 0 Å². The van der Waals surface area contributed by atoms with Crippen LogP contribution in [0, 0.1) is 0 Å². The van der Waals surface area contributed by atoms with Gasteiger partial charge in [0.15, 0.2) is 0 Å². The first kappa shape index (κ1) is 10.9. The Labute approximate surface area is 94.6 Å². The molecule has 0 aliphatic carbocycles. The molecule has 0 atom stereocenters. The largest absolute Gasteiger partial charge is 0.382 e. The number of amidine groups is 1. The summed E-state index contributed by atoms with van der Waals surface area (Å²) < 4.78 is 28.3. The van der Waals surface area contributed by atoms with Gasteiger partial charge in [-0.2, -0.15) is 8.42 Å². The molecule has 1 aromatic rings. The van der Waals surface area contributed by atoms with E-state index in [2.05, 4.69) is 23.0 Å². The zero-order valence-corrected chi connectivity index (χ0v) is 9.88. The SMILES string of the molecule is CC(C)c1ccc2c(c1)C(N)=NS(=O)(=O)N2. The first-order valence-electron chi connectivity index (χ1n) is 4.91. The van der Waals surface area contributed by atoms with Gasteiger partial charge in [0, 0.05) is 5.56 Å². The number of rotatable bonds is 1. The van der Waals surface area contributed by atoms with Gasteiger partial charge < -0.3 is 5.73 Å². The number of nitrogens with one attached hydrogen (secondary N) is 1. The first-order valence-corrected chi connectivity index (χ1v) is 6.35. The van der Waals surface area contributed by atoms with Crippen LogP contribution in [-0.4, -0.2) is 14.3 Å². The Balaban J connectivity index is 2.58. The number of anilines is 1. The lowest BCUT2D eigenvalue weighted by molar-refractivity contribution is 0.602. The summed E-state index contributed by atoms with van der Waals surface area (Å²) in [7, 11) is -3.67. The number of nitrogens with two attached hydrogens (primary N) is 1. The van der Waals surface area contributed by atoms with E-state index in [1.807, 2.05) is 12.1 Å². The van der Waals surface area contributed by atoms with Crippen molar-refractivity contribution in [3.63, 3.8) is 0 Å². The molecule has 0 unspecified atom stereocenters. The van der Waals surface area contributed by atoms with Gasteiger partial charge in [-0.3, -0.25) is 4.72 Å². The Kier molecular flexibility index (Phi) is 2.38. The quantitative estimate of drug-likeness (QED) is 0.771. The van der Waals surface area contributed by atoms with Crippen molar-refractivity contribution in [3.8, 4) is 0 Å². The van der Waals surface area contributed by atoms with Gasteiger partial charge in [-0.05, 0) is 23.6 Å². The average Bonchev–Trinajstić information content (AvgIpc) is 2.15. The van der Waals surface area contributed by atoms with Crippen LogP contribution in [0.4, 0.5) is 5.69 Å². The lowest BCUT2D eigenvalue weighted by Gasteiger charge is -2.17. The second-order valence-electron chi connectivity index (χ2n) is 4.01. The predicted molar refractivity (Wildman–Crippen MR) is 63.8 cm³/mol. The summed E-state index contributed by atoms with van der Waals surface area (Å²) in [5, 5.41) is 0. The van der Waals surface area contributed by atoms with E-state index in [4.69, 9.17) is 5.73 Å². The maximum Gasteiger partial charge on any atom is 0.344 e. The Morgan fingerprint density at radius 2 is 2.06 bits per heavy atom. The molecule has 1 aliphatic rings. The van der Waals surface area contributed by atoms with Gasteiger partial charge in [0.2, 0.25) is 0 Å². The van der Waals surface area contributed by atoms with E-state index in [9.17, 15) is 8.42 Å². The van der Waals surface area contributed by atoms with Gasteiger partial charge >= 0.3 is 10.2 Å². The average molecular weight is 239 g/mol. The topological polar surface area (TPSA) is 84.5 Å². The van der Waals surface area contributed by atoms with Crippen molar-refractivity contribution in [1.82, 2.24) is 0 Å². The summed E-state index contributed by atoms with van der Waals surface area (Å²) in [5.74, 6) is 0.396. The summed E-state index contributed by atoms with van der Waals surface area (Å²) in [5.41, 5.74) is 7.84. The standard InChI is InChI=1S/C10H13N3O2S/c1-6(2)7-3-4-9-8(5-7)10(11)13-16(14,15)12-9/h3-6,12H,1-2H3,(H2,11,13). The number of hydrogen-bond donors (Lipinski definition) is 2. The van der Waals surface area contributed by atoms with Crippen LogP contribution in [0.3, 0.4) is 0 Å². The van der Waals surface area contributed by atoms with E-state index in [0.717, 1.165) is 5.56 Å². The summed E-state index contributed by atoms with van der Waals surface area (Å²) in [4.78, 5) is 0. The van der Waals surface area contributed by atoms with Crippen molar-refractivity contribution in [1.29, 1.82) is 0 Å². The van der Waals surface area contributed by atoms with Crippen LogP contribution >= 0.6 is 0 Å². The lowest BCUT2D eigenvalue weighted by atomic mass is 9.99. The Hall–Kier alpha value is -1.56. The molecule has 6 heteroatoms.